The van der Waals surface area contributed by atoms with Gasteiger partial charge in [-0.15, -0.1) is 4.91 Å². The zero-order valence-electron chi connectivity index (χ0n) is 84.6. The maximum atomic E-state index is 11.3. The lowest BCUT2D eigenvalue weighted by molar-refractivity contribution is 0.0683. The van der Waals surface area contributed by atoms with Crippen molar-refractivity contribution in [3.8, 4) is 97.7 Å². The van der Waals surface area contributed by atoms with Gasteiger partial charge in [-0.25, -0.2) is 9.59 Å². The minimum Gasteiger partial charge on any atom is -0.508 e. The molecule has 0 unspecified atom stereocenters. The van der Waals surface area contributed by atoms with E-state index in [4.69, 9.17) is 32.0 Å². The molecule has 0 aliphatic rings. The predicted octanol–water partition coefficient (Wildman–Crippen LogP) is 31.6. The number of aromatic hydroxyl groups is 17. The molecule has 0 amide bonds. The molecule has 0 bridgehead atoms. The molecule has 0 fully saturated rings. The third kappa shape index (κ3) is 28.5. The van der Waals surface area contributed by atoms with Gasteiger partial charge in [-0.2, -0.15) is 0 Å². The lowest BCUT2D eigenvalue weighted by atomic mass is 9.92. The average Bonchev–Trinajstić information content (AvgIpc) is 0.886. The van der Waals surface area contributed by atoms with Crippen molar-refractivity contribution in [2.45, 2.75) is 198 Å². The molecular weight excluding hydrogens is 1840 g/mol. The smallest absolute Gasteiger partial charge is 0.340 e. The molecule has 17 aromatic carbocycles. The first-order valence-corrected chi connectivity index (χ1v) is 47.8. The van der Waals surface area contributed by atoms with Crippen LogP contribution in [0.5, 0.6) is 97.7 Å². The Kier molecular flexibility index (Phi) is 40.0. The van der Waals surface area contributed by atoms with E-state index in [0.29, 0.717) is 56.5 Å². The molecule has 19 N–H and O–H groups in total. The Morgan fingerprint density at radius 1 is 0.229 bits per heavy atom. The Morgan fingerprint density at radius 2 is 0.597 bits per heavy atom. The number of aromatic carboxylic acids is 2. The van der Waals surface area contributed by atoms with Gasteiger partial charge < -0.3 is 97.0 Å². The van der Waals surface area contributed by atoms with Crippen molar-refractivity contribution in [1.82, 2.24) is 0 Å². The summed E-state index contributed by atoms with van der Waals surface area (Å²) >= 11 is 5.67. The number of halogens is 1. The molecule has 0 heterocycles. The molecule has 756 valence electrons. The molecule has 0 aliphatic heterocycles. The number of carbonyl (C=O) groups is 2. The van der Waals surface area contributed by atoms with Gasteiger partial charge in [0.15, 0.2) is 0 Å². The van der Waals surface area contributed by atoms with Crippen LogP contribution < -0.4 is 0 Å². The van der Waals surface area contributed by atoms with Crippen LogP contribution in [0.4, 0.5) is 5.69 Å². The summed E-state index contributed by atoms with van der Waals surface area (Å²) in [4.78, 5) is 32.6. The largest absolute Gasteiger partial charge is 0.508 e. The van der Waals surface area contributed by atoms with Crippen molar-refractivity contribution in [2.75, 3.05) is 0 Å². The fourth-order valence-corrected chi connectivity index (χ4v) is 17.1. The first-order chi connectivity index (χ1) is 67.8. The van der Waals surface area contributed by atoms with E-state index >= 15 is 0 Å². The highest BCUT2D eigenvalue weighted by Gasteiger charge is 2.24. The van der Waals surface area contributed by atoms with Crippen LogP contribution in [0, 0.1) is 4.91 Å². The van der Waals surface area contributed by atoms with Crippen LogP contribution in [0.2, 0.25) is 5.02 Å². The number of carboxylic acid groups (broad SMARTS) is 2. The van der Waals surface area contributed by atoms with Crippen LogP contribution >= 0.6 is 11.6 Å². The summed E-state index contributed by atoms with van der Waals surface area (Å²) < 4.78 is 0. The number of rotatable bonds is 13. The van der Waals surface area contributed by atoms with Crippen molar-refractivity contribution < 1.29 is 107 Å². The quantitative estimate of drug-likeness (QED) is 0.0477. The maximum Gasteiger partial charge on any atom is 0.340 e. The van der Waals surface area contributed by atoms with Crippen molar-refractivity contribution in [3.05, 3.63) is 338 Å². The predicted molar refractivity (Wildman–Crippen MR) is 581 cm³/mol. The number of fused-ring (bicyclic) bond motifs is 7. The van der Waals surface area contributed by atoms with Crippen molar-refractivity contribution >= 4 is 105 Å². The third-order valence-corrected chi connectivity index (χ3v) is 24.3. The van der Waals surface area contributed by atoms with Crippen molar-refractivity contribution in [2.24, 2.45) is 5.18 Å². The van der Waals surface area contributed by atoms with E-state index in [1.165, 1.54) is 35.7 Å². The maximum absolute atomic E-state index is 11.3. The fourth-order valence-electron chi connectivity index (χ4n) is 16.9. The highest BCUT2D eigenvalue weighted by molar-refractivity contribution is 6.32. The average molecular weight is 1980 g/mol. The summed E-state index contributed by atoms with van der Waals surface area (Å²) in [5.74, 6) is 1.89. The molecule has 144 heavy (non-hydrogen) atoms. The van der Waals surface area contributed by atoms with Crippen molar-refractivity contribution in [1.29, 1.82) is 0 Å². The van der Waals surface area contributed by atoms with Crippen LogP contribution in [-0.2, 0) is 0 Å². The van der Waals surface area contributed by atoms with Crippen LogP contribution in [0.15, 0.2) is 266 Å². The molecular formula is C120H132ClNO22. The molecule has 24 heteroatoms. The Balaban J connectivity index is 0.000000196. The SMILES string of the molecule is CC(C)c1c(O)c(C(=O)O)cc2ccccc12.CC(C)c1c(O)cc(O)c2ccccc12.CC(C)c1c(O)ccc2cc(O)ccc12.CC(C)c1c(O)ccc2ccc(O)cc12.CC(C)c1c(O)ccc2ccccc12.CC(C)c1cc(Cl)c(O)cc1O.CC(C)c1cc(N=O)c(O)cc1O.CC(C)c1cc2ccccc2c(C(=O)O)c1O.CC(C)c1ccc(O)c2cccc(O)c12.CC(C)c1ccc(O)cc1O. The molecule has 0 atom stereocenters. The number of carboxylic acids is 2. The summed E-state index contributed by atoms with van der Waals surface area (Å²) in [5.41, 5.74) is 8.32. The van der Waals surface area contributed by atoms with E-state index in [0.717, 1.165) is 104 Å². The Labute approximate surface area is 844 Å². The van der Waals surface area contributed by atoms with E-state index in [1.807, 2.05) is 232 Å². The highest BCUT2D eigenvalue weighted by Crippen LogP contribution is 2.46. The molecule has 0 saturated carbocycles. The van der Waals surface area contributed by atoms with Gasteiger partial charge in [0.2, 0.25) is 0 Å². The van der Waals surface area contributed by atoms with Gasteiger partial charge in [0.1, 0.15) is 115 Å². The first-order valence-electron chi connectivity index (χ1n) is 47.4. The molecule has 0 aromatic heterocycles. The van der Waals surface area contributed by atoms with E-state index in [-0.39, 0.29) is 150 Å². The van der Waals surface area contributed by atoms with Gasteiger partial charge >= 0.3 is 11.9 Å². The Morgan fingerprint density at radius 3 is 1.10 bits per heavy atom. The van der Waals surface area contributed by atoms with Gasteiger partial charge in [0, 0.05) is 68.2 Å². The standard InChI is InChI=1S/2C14H14O3.4C13H14O2.C13H14O.C9H11ClO2.C9H11NO3.C9H12O2/c1-8(2)12-10-6-4-3-5-9(10)7-11(13(12)15)14(16)17;1-8(2)11-7-9-5-3-4-6-10(9)12(13(11)15)14(16)17;1-8(2)13-11-5-4-10(14)7-9(11)3-6-12(13)15;1-8(2)13-11-7-10(14)5-3-9(11)4-6-12(13)15;1-8(2)9-6-7-11(14)10-4-3-5-12(15)13(9)10;1-8(2)13-10-6-4-3-5-9(10)11(14)7-12(13)15;1-9(2)13-11-6-4-3-5-10(11)7-8-12(13)14;1-5(2)6-3-7(10)9(12)4-8(6)11;1-5(2)6-3-7(10-13)9(12)4-8(6)11;1-6(2)8-4-3-7(10)5-9(8)11/h2*3-8,15H,1-2H3,(H,16,17);4*3-8,14-15H,1-2H3;3-9,14H,1-2H3;3-5,11-12H,1-2H3;3-5,11-12H,1-2H3;3-6,10-11H,1-2H3. The zero-order chi connectivity index (χ0) is 107. The lowest BCUT2D eigenvalue weighted by Gasteiger charge is -2.14. The summed E-state index contributed by atoms with van der Waals surface area (Å²) in [6, 6.07) is 75.1. The van der Waals surface area contributed by atoms with Gasteiger partial charge in [0.25, 0.3) is 0 Å². The summed E-state index contributed by atoms with van der Waals surface area (Å²) in [7, 11) is 0. The third-order valence-electron chi connectivity index (χ3n) is 23.9. The lowest BCUT2D eigenvalue weighted by Crippen LogP contribution is -2.02. The Hall–Kier alpha value is -16.0. The fraction of sp³-hybridized carbons (Fsp3) is 0.250. The van der Waals surface area contributed by atoms with Crippen molar-refractivity contribution in [3.63, 3.8) is 0 Å². The number of nitrogens with zero attached hydrogens (tertiary/aromatic N) is 1. The summed E-state index contributed by atoms with van der Waals surface area (Å²) in [6.07, 6.45) is 0. The summed E-state index contributed by atoms with van der Waals surface area (Å²) in [5, 5.41) is 196. The number of nitroso groups, excluding NO2 is 1. The molecule has 0 aliphatic carbocycles. The molecule has 17 aromatic rings. The van der Waals surface area contributed by atoms with Gasteiger partial charge in [-0.3, -0.25) is 0 Å². The number of hydrogen-bond donors (Lipinski definition) is 19. The normalized spacial score (nSPS) is 10.9. The number of hydrogen-bond acceptors (Lipinski definition) is 21. The minimum atomic E-state index is -1.10. The number of benzene rings is 17. The zero-order valence-corrected chi connectivity index (χ0v) is 85.4. The molecule has 0 spiro atoms. The monoisotopic (exact) mass is 1970 g/mol. The number of phenols is 17. The highest BCUT2D eigenvalue weighted by atomic mass is 35.5. The second-order valence-electron chi connectivity index (χ2n) is 37.8. The topological polar surface area (TPSA) is 448 Å². The second-order valence-corrected chi connectivity index (χ2v) is 38.3. The molecule has 23 nitrogen and oxygen atoms in total. The second kappa shape index (κ2) is 50.9. The van der Waals surface area contributed by atoms with Crippen LogP contribution in [-0.4, -0.2) is 109 Å². The first kappa shape index (κ1) is 113. The van der Waals surface area contributed by atoms with Gasteiger partial charge in [-0.05, 0) is 236 Å². The molecule has 0 saturated heterocycles. The Bertz CT molecular complexity index is 7360. The van der Waals surface area contributed by atoms with E-state index in [2.05, 4.69) is 45.0 Å². The van der Waals surface area contributed by atoms with E-state index < -0.39 is 11.9 Å². The van der Waals surface area contributed by atoms with Gasteiger partial charge in [-0.1, -0.05) is 302 Å². The summed E-state index contributed by atoms with van der Waals surface area (Å²) in [6.45, 7) is 39.9. The van der Waals surface area contributed by atoms with Crippen LogP contribution in [0.3, 0.4) is 0 Å². The van der Waals surface area contributed by atoms with Crippen LogP contribution in [0.25, 0.3) is 75.4 Å². The van der Waals surface area contributed by atoms with Gasteiger partial charge in [0.05, 0.1) is 5.02 Å². The number of phenolic OH excluding ortho intramolecular Hbond substituents is 15. The van der Waals surface area contributed by atoms with Crippen LogP contribution in [0.1, 0.15) is 274 Å². The van der Waals surface area contributed by atoms with E-state index in [9.17, 15) is 91.1 Å². The molecule has 17 rings (SSSR count). The molecule has 0 radical (unpaired) electrons. The van der Waals surface area contributed by atoms with E-state index in [1.54, 1.807) is 91.0 Å². The minimum absolute atomic E-state index is 0.00759.